The number of carbonyl (C=O) groups is 1. The lowest BCUT2D eigenvalue weighted by Gasteiger charge is -2.27. The van der Waals surface area contributed by atoms with E-state index in [9.17, 15) is 9.59 Å². The molecule has 0 saturated carbocycles. The lowest BCUT2D eigenvalue weighted by molar-refractivity contribution is 0.0579. The molecule has 3 aromatic rings. The number of hydrogen-bond acceptors (Lipinski definition) is 4. The third-order valence-corrected chi connectivity index (χ3v) is 4.95. The van der Waals surface area contributed by atoms with Crippen LogP contribution in [0.5, 0.6) is 0 Å². The van der Waals surface area contributed by atoms with Crippen LogP contribution in [0.4, 0.5) is 10.7 Å². The maximum Gasteiger partial charge on any atom is 0.417 e. The molecule has 0 aliphatic carbocycles. The topological polar surface area (TPSA) is 64.4 Å². The highest BCUT2D eigenvalue weighted by atomic mass is 35.5. The molecule has 0 aliphatic rings. The Bertz CT molecular complexity index is 1180. The molecule has 1 amide bonds. The van der Waals surface area contributed by atoms with Crippen molar-refractivity contribution in [1.29, 1.82) is 0 Å². The monoisotopic (exact) mass is 447 g/mol. The molecule has 3 rings (SSSR count). The van der Waals surface area contributed by atoms with Gasteiger partial charge in [0.25, 0.3) is 5.56 Å². The van der Waals surface area contributed by atoms with Crippen LogP contribution in [0.3, 0.4) is 0 Å². The van der Waals surface area contributed by atoms with E-state index in [4.69, 9.17) is 27.9 Å². The minimum absolute atomic E-state index is 0.136. The standard InChI is InChI=1S/C22H23Cl2N3O3/c1-6-26(21(29)30-22(3,4)5)20-25-18-13(2)10-11-16(24)17(18)19(28)27(20)15-9-7-8-14(23)12-15/h7-12H,6H2,1-5H3. The molecule has 2 aromatic carbocycles. The fourth-order valence-electron chi connectivity index (χ4n) is 3.07. The lowest BCUT2D eigenvalue weighted by atomic mass is 10.1. The molecule has 0 bridgehead atoms. The third kappa shape index (κ3) is 4.30. The zero-order valence-electron chi connectivity index (χ0n) is 17.5. The van der Waals surface area contributed by atoms with Crippen molar-refractivity contribution < 1.29 is 9.53 Å². The molecule has 0 saturated heterocycles. The summed E-state index contributed by atoms with van der Waals surface area (Å²) in [5.74, 6) is 0.136. The van der Waals surface area contributed by atoms with Crippen LogP contribution >= 0.6 is 23.2 Å². The molecule has 0 unspecified atom stereocenters. The Morgan fingerprint density at radius 3 is 2.50 bits per heavy atom. The van der Waals surface area contributed by atoms with E-state index in [1.165, 1.54) is 9.47 Å². The number of aryl methyl sites for hydroxylation is 1. The highest BCUT2D eigenvalue weighted by Crippen LogP contribution is 2.27. The minimum atomic E-state index is -0.707. The van der Waals surface area contributed by atoms with Gasteiger partial charge in [0.05, 0.1) is 21.6 Å². The van der Waals surface area contributed by atoms with Gasteiger partial charge >= 0.3 is 6.09 Å². The van der Waals surface area contributed by atoms with E-state index in [2.05, 4.69) is 4.98 Å². The summed E-state index contributed by atoms with van der Waals surface area (Å²) >= 11 is 12.5. The Morgan fingerprint density at radius 2 is 1.90 bits per heavy atom. The summed E-state index contributed by atoms with van der Waals surface area (Å²) in [6.07, 6.45) is -0.605. The van der Waals surface area contributed by atoms with E-state index in [0.29, 0.717) is 16.2 Å². The molecule has 8 heteroatoms. The van der Waals surface area contributed by atoms with Crippen molar-refractivity contribution in [2.24, 2.45) is 0 Å². The predicted octanol–water partition coefficient (Wildman–Crippen LogP) is 5.76. The van der Waals surface area contributed by atoms with Crippen LogP contribution in [-0.4, -0.2) is 27.8 Å². The van der Waals surface area contributed by atoms with Gasteiger partial charge in [0.15, 0.2) is 0 Å². The van der Waals surface area contributed by atoms with E-state index in [1.54, 1.807) is 64.1 Å². The van der Waals surface area contributed by atoms with Gasteiger partial charge in [-0.25, -0.2) is 19.2 Å². The number of ether oxygens (including phenoxy) is 1. The molecule has 1 aromatic heterocycles. The van der Waals surface area contributed by atoms with E-state index in [-0.39, 0.29) is 22.9 Å². The van der Waals surface area contributed by atoms with Crippen LogP contribution < -0.4 is 10.5 Å². The first-order chi connectivity index (χ1) is 14.0. The minimum Gasteiger partial charge on any atom is -0.443 e. The van der Waals surface area contributed by atoms with Gasteiger partial charge in [0.2, 0.25) is 5.95 Å². The van der Waals surface area contributed by atoms with Crippen molar-refractivity contribution in [3.05, 3.63) is 62.4 Å². The fourth-order valence-corrected chi connectivity index (χ4v) is 3.49. The summed E-state index contributed by atoms with van der Waals surface area (Å²) in [6.45, 7) is 9.20. The normalized spacial score (nSPS) is 11.6. The molecule has 0 aliphatic heterocycles. The van der Waals surface area contributed by atoms with Crippen LogP contribution in [0.25, 0.3) is 16.6 Å². The van der Waals surface area contributed by atoms with Gasteiger partial charge in [-0.3, -0.25) is 4.79 Å². The number of halogens is 2. The molecule has 0 N–H and O–H groups in total. The first kappa shape index (κ1) is 22.1. The van der Waals surface area contributed by atoms with Crippen LogP contribution in [0, 0.1) is 6.92 Å². The third-order valence-electron chi connectivity index (χ3n) is 4.40. The molecular weight excluding hydrogens is 425 g/mol. The van der Waals surface area contributed by atoms with Gasteiger partial charge in [-0.1, -0.05) is 35.3 Å². The summed E-state index contributed by atoms with van der Waals surface area (Å²) < 4.78 is 6.89. The number of benzene rings is 2. The van der Waals surface area contributed by atoms with Gasteiger partial charge in [-0.15, -0.1) is 0 Å². The molecule has 6 nitrogen and oxygen atoms in total. The van der Waals surface area contributed by atoms with Gasteiger partial charge in [-0.2, -0.15) is 0 Å². The van der Waals surface area contributed by atoms with Crippen molar-refractivity contribution in [3.63, 3.8) is 0 Å². The zero-order valence-corrected chi connectivity index (χ0v) is 19.0. The summed E-state index contributed by atoms with van der Waals surface area (Å²) in [5.41, 5.74) is 0.570. The van der Waals surface area contributed by atoms with E-state index in [0.717, 1.165) is 5.56 Å². The van der Waals surface area contributed by atoms with Crippen molar-refractivity contribution in [2.45, 2.75) is 40.2 Å². The molecule has 0 spiro atoms. The summed E-state index contributed by atoms with van der Waals surface area (Å²) in [7, 11) is 0. The molecule has 0 radical (unpaired) electrons. The van der Waals surface area contributed by atoms with Crippen LogP contribution in [0.15, 0.2) is 41.2 Å². The number of fused-ring (bicyclic) bond motifs is 1. The van der Waals surface area contributed by atoms with E-state index in [1.807, 2.05) is 6.92 Å². The predicted molar refractivity (Wildman–Crippen MR) is 121 cm³/mol. The number of hydrogen-bond donors (Lipinski definition) is 0. The van der Waals surface area contributed by atoms with Crippen LogP contribution in [0.2, 0.25) is 10.0 Å². The maximum atomic E-state index is 13.6. The van der Waals surface area contributed by atoms with Gasteiger partial charge in [-0.05, 0) is 64.4 Å². The first-order valence-corrected chi connectivity index (χ1v) is 10.3. The van der Waals surface area contributed by atoms with Crippen LogP contribution in [-0.2, 0) is 4.74 Å². The largest absolute Gasteiger partial charge is 0.443 e. The Labute approximate surface area is 185 Å². The smallest absolute Gasteiger partial charge is 0.417 e. The van der Waals surface area contributed by atoms with Gasteiger partial charge in [0, 0.05) is 11.6 Å². The molecule has 0 atom stereocenters. The maximum absolute atomic E-state index is 13.6. The van der Waals surface area contributed by atoms with Crippen LogP contribution in [0.1, 0.15) is 33.3 Å². The highest BCUT2D eigenvalue weighted by molar-refractivity contribution is 6.35. The van der Waals surface area contributed by atoms with Crippen molar-refractivity contribution in [1.82, 2.24) is 9.55 Å². The molecule has 30 heavy (non-hydrogen) atoms. The summed E-state index contributed by atoms with van der Waals surface area (Å²) in [5, 5.41) is 1.01. The number of anilines is 1. The average Bonchev–Trinajstić information content (AvgIpc) is 2.63. The molecule has 1 heterocycles. The second kappa shape index (κ2) is 8.28. The van der Waals surface area contributed by atoms with Gasteiger partial charge in [0.1, 0.15) is 5.60 Å². The lowest BCUT2D eigenvalue weighted by Crippen LogP contribution is -2.40. The zero-order chi connectivity index (χ0) is 22.2. The Balaban J connectivity index is 2.39. The van der Waals surface area contributed by atoms with Crippen molar-refractivity contribution >= 4 is 46.1 Å². The second-order valence-corrected chi connectivity index (χ2v) is 8.69. The number of amides is 1. The Hall–Kier alpha value is -2.57. The second-order valence-electron chi connectivity index (χ2n) is 7.84. The van der Waals surface area contributed by atoms with E-state index < -0.39 is 17.3 Å². The molecule has 0 fully saturated rings. The number of rotatable bonds is 3. The molecular formula is C22H23Cl2N3O3. The average molecular weight is 448 g/mol. The first-order valence-electron chi connectivity index (χ1n) is 9.52. The SMILES string of the molecule is CCN(C(=O)OC(C)(C)C)c1nc2c(C)ccc(Cl)c2c(=O)n1-c1cccc(Cl)c1. The fraction of sp³-hybridized carbons (Fsp3) is 0.318. The number of nitrogens with zero attached hydrogens (tertiary/aromatic N) is 3. The number of carbonyl (C=O) groups excluding carboxylic acids is 1. The van der Waals surface area contributed by atoms with E-state index >= 15 is 0 Å². The highest BCUT2D eigenvalue weighted by Gasteiger charge is 2.28. The van der Waals surface area contributed by atoms with Crippen molar-refractivity contribution in [2.75, 3.05) is 11.4 Å². The summed E-state index contributed by atoms with van der Waals surface area (Å²) in [4.78, 5) is 32.5. The van der Waals surface area contributed by atoms with Gasteiger partial charge < -0.3 is 4.74 Å². The molecule has 158 valence electrons. The Morgan fingerprint density at radius 1 is 1.20 bits per heavy atom. The number of aromatic nitrogens is 2. The summed E-state index contributed by atoms with van der Waals surface area (Å²) in [6, 6.07) is 10.2. The quantitative estimate of drug-likeness (QED) is 0.511. The Kier molecular flexibility index (Phi) is 6.11. The van der Waals surface area contributed by atoms with Crippen molar-refractivity contribution in [3.8, 4) is 5.69 Å².